The molecule has 0 aliphatic carbocycles. The van der Waals surface area contributed by atoms with E-state index >= 15 is 0 Å². The van der Waals surface area contributed by atoms with Gasteiger partial charge >= 0.3 is 6.18 Å². The van der Waals surface area contributed by atoms with Crippen LogP contribution >= 0.6 is 34.2 Å². The summed E-state index contributed by atoms with van der Waals surface area (Å²) in [6.45, 7) is 0. The van der Waals surface area contributed by atoms with E-state index < -0.39 is 23.4 Å². The number of hydrogen-bond acceptors (Lipinski definition) is 2. The van der Waals surface area contributed by atoms with Crippen molar-refractivity contribution in [2.75, 3.05) is 5.88 Å². The van der Waals surface area contributed by atoms with Crippen LogP contribution in [-0.2, 0) is 6.18 Å². The monoisotopic (exact) mass is 376 g/mol. The Kier molecular flexibility index (Phi) is 4.54. The predicted octanol–water partition coefficient (Wildman–Crippen LogP) is 3.54. The molecule has 92 valence electrons. The third kappa shape index (κ3) is 3.19. The lowest BCUT2D eigenvalue weighted by Gasteiger charge is -2.12. The average molecular weight is 376 g/mol. The number of benzene rings is 1. The molecule has 1 rings (SSSR count). The van der Waals surface area contributed by atoms with E-state index in [9.17, 15) is 22.8 Å². The van der Waals surface area contributed by atoms with Crippen LogP contribution in [0, 0.1) is 3.57 Å². The second-order valence-corrected chi connectivity index (χ2v) is 4.45. The van der Waals surface area contributed by atoms with E-state index in [1.165, 1.54) is 22.6 Å². The molecule has 0 aliphatic heterocycles. The number of alkyl halides is 4. The van der Waals surface area contributed by atoms with Crippen molar-refractivity contribution in [1.29, 1.82) is 0 Å². The zero-order chi connectivity index (χ0) is 13.2. The molecule has 0 amide bonds. The van der Waals surface area contributed by atoms with Gasteiger partial charge in [-0.05, 0) is 34.7 Å². The highest BCUT2D eigenvalue weighted by molar-refractivity contribution is 14.1. The van der Waals surface area contributed by atoms with E-state index in [0.717, 1.165) is 6.07 Å². The summed E-state index contributed by atoms with van der Waals surface area (Å²) in [6, 6.07) is 1.81. The summed E-state index contributed by atoms with van der Waals surface area (Å²) in [6.07, 6.45) is -4.35. The van der Waals surface area contributed by atoms with Crippen LogP contribution in [0.2, 0.25) is 0 Å². The number of carbonyl (C=O) groups excluding carboxylic acids is 2. The molecule has 0 N–H and O–H groups in total. The van der Waals surface area contributed by atoms with E-state index in [0.29, 0.717) is 6.07 Å². The first-order chi connectivity index (χ1) is 7.81. The van der Waals surface area contributed by atoms with Crippen LogP contribution in [0.25, 0.3) is 0 Å². The first-order valence-corrected chi connectivity index (χ1v) is 5.87. The number of Topliss-reactive ketones (excluding diaryl/α,β-unsaturated/α-hetero) is 1. The minimum atomic E-state index is -4.61. The lowest BCUT2D eigenvalue weighted by molar-refractivity contribution is -0.138. The van der Waals surface area contributed by atoms with Crippen LogP contribution in [0.5, 0.6) is 0 Å². The van der Waals surface area contributed by atoms with E-state index in [1.54, 1.807) is 0 Å². The number of aldehydes is 1. The van der Waals surface area contributed by atoms with Crippen LogP contribution in [-0.4, -0.2) is 17.9 Å². The van der Waals surface area contributed by atoms with Crippen LogP contribution < -0.4 is 0 Å². The number of carbonyl (C=O) groups is 2. The van der Waals surface area contributed by atoms with E-state index in [4.69, 9.17) is 11.6 Å². The zero-order valence-electron chi connectivity index (χ0n) is 8.15. The quantitative estimate of drug-likeness (QED) is 0.350. The Morgan fingerprint density at radius 1 is 1.41 bits per heavy atom. The Hall–Kier alpha value is -0.630. The topological polar surface area (TPSA) is 34.1 Å². The van der Waals surface area contributed by atoms with Crippen molar-refractivity contribution in [3.05, 3.63) is 32.4 Å². The molecule has 0 saturated carbocycles. The van der Waals surface area contributed by atoms with Crippen molar-refractivity contribution in [3.8, 4) is 0 Å². The largest absolute Gasteiger partial charge is 0.417 e. The molecule has 0 radical (unpaired) electrons. The SMILES string of the molecule is O=Cc1cc(C(=O)CCl)c(I)c(C(F)(F)F)c1. The lowest BCUT2D eigenvalue weighted by Crippen LogP contribution is -2.13. The summed E-state index contributed by atoms with van der Waals surface area (Å²) in [5, 5.41) is 0. The van der Waals surface area contributed by atoms with Crippen molar-refractivity contribution in [2.45, 2.75) is 6.18 Å². The molecular formula is C10H5ClF3IO2. The molecule has 0 saturated heterocycles. The van der Waals surface area contributed by atoms with Gasteiger partial charge in [0.15, 0.2) is 5.78 Å². The third-order valence-corrected chi connectivity index (χ3v) is 3.36. The molecule has 0 heterocycles. The van der Waals surface area contributed by atoms with Crippen LogP contribution in [0.15, 0.2) is 12.1 Å². The van der Waals surface area contributed by atoms with Crippen molar-refractivity contribution in [3.63, 3.8) is 0 Å². The van der Waals surface area contributed by atoms with Crippen molar-refractivity contribution >= 4 is 46.3 Å². The number of hydrogen-bond donors (Lipinski definition) is 0. The Morgan fingerprint density at radius 3 is 2.41 bits per heavy atom. The van der Waals surface area contributed by atoms with Crippen molar-refractivity contribution in [1.82, 2.24) is 0 Å². The van der Waals surface area contributed by atoms with Gasteiger partial charge in [-0.15, -0.1) is 11.6 Å². The standard InChI is InChI=1S/C10H5ClF3IO2/c11-3-8(17)6-1-5(4-16)2-7(9(6)15)10(12,13)14/h1-2,4H,3H2. The third-order valence-electron chi connectivity index (χ3n) is 1.96. The molecule has 0 bridgehead atoms. The van der Waals surface area contributed by atoms with Gasteiger partial charge < -0.3 is 0 Å². The summed E-state index contributed by atoms with van der Waals surface area (Å²) in [7, 11) is 0. The molecule has 2 nitrogen and oxygen atoms in total. The van der Waals surface area contributed by atoms with Gasteiger partial charge in [0.2, 0.25) is 0 Å². The van der Waals surface area contributed by atoms with Gasteiger partial charge in [0.1, 0.15) is 6.29 Å². The van der Waals surface area contributed by atoms with Gasteiger partial charge in [-0.1, -0.05) is 0 Å². The second-order valence-electron chi connectivity index (χ2n) is 3.10. The van der Waals surface area contributed by atoms with Crippen molar-refractivity contribution in [2.24, 2.45) is 0 Å². The van der Waals surface area contributed by atoms with Gasteiger partial charge in [-0.3, -0.25) is 9.59 Å². The molecule has 0 spiro atoms. The number of ketones is 1. The fraction of sp³-hybridized carbons (Fsp3) is 0.200. The number of halogens is 5. The van der Waals surface area contributed by atoms with E-state index in [2.05, 4.69) is 0 Å². The van der Waals surface area contributed by atoms with E-state index in [-0.39, 0.29) is 21.0 Å². The first-order valence-electron chi connectivity index (χ1n) is 4.26. The minimum Gasteiger partial charge on any atom is -0.298 e. The van der Waals surface area contributed by atoms with Crippen molar-refractivity contribution < 1.29 is 22.8 Å². The maximum Gasteiger partial charge on any atom is 0.417 e. The Balaban J connectivity index is 3.52. The maximum absolute atomic E-state index is 12.6. The molecule has 0 atom stereocenters. The summed E-state index contributed by atoms with van der Waals surface area (Å²) in [4.78, 5) is 21.9. The normalized spacial score (nSPS) is 11.4. The maximum atomic E-state index is 12.6. The lowest BCUT2D eigenvalue weighted by atomic mass is 10.0. The predicted molar refractivity (Wildman–Crippen MR) is 64.6 cm³/mol. The van der Waals surface area contributed by atoms with Gasteiger partial charge in [0, 0.05) is 14.7 Å². The summed E-state index contributed by atoms with van der Waals surface area (Å²) in [5.41, 5.74) is -1.39. The van der Waals surface area contributed by atoms with Gasteiger partial charge in [0.25, 0.3) is 0 Å². The van der Waals surface area contributed by atoms with Crippen LogP contribution in [0.4, 0.5) is 13.2 Å². The Morgan fingerprint density at radius 2 is 2.00 bits per heavy atom. The molecule has 1 aromatic rings. The molecule has 0 aromatic heterocycles. The van der Waals surface area contributed by atoms with Gasteiger partial charge in [-0.25, -0.2) is 0 Å². The molecule has 17 heavy (non-hydrogen) atoms. The Bertz CT molecular complexity index is 471. The first kappa shape index (κ1) is 14.4. The zero-order valence-corrected chi connectivity index (χ0v) is 11.1. The summed E-state index contributed by atoms with van der Waals surface area (Å²) >= 11 is 6.72. The molecule has 1 aromatic carbocycles. The second kappa shape index (κ2) is 5.34. The smallest absolute Gasteiger partial charge is 0.298 e. The van der Waals surface area contributed by atoms with Crippen LogP contribution in [0.3, 0.4) is 0 Å². The number of rotatable bonds is 3. The van der Waals surface area contributed by atoms with E-state index in [1.807, 2.05) is 0 Å². The minimum absolute atomic E-state index is 0.183. The fourth-order valence-corrected chi connectivity index (χ4v) is 2.26. The average Bonchev–Trinajstić information content (AvgIpc) is 2.26. The van der Waals surface area contributed by atoms with Crippen LogP contribution in [0.1, 0.15) is 26.3 Å². The molecular weight excluding hydrogens is 371 g/mol. The summed E-state index contributed by atoms with van der Waals surface area (Å²) in [5.74, 6) is -1.08. The molecule has 0 unspecified atom stereocenters. The molecule has 0 aliphatic rings. The Labute approximate surface area is 113 Å². The highest BCUT2D eigenvalue weighted by atomic mass is 127. The molecule has 0 fully saturated rings. The highest BCUT2D eigenvalue weighted by Crippen LogP contribution is 2.35. The highest BCUT2D eigenvalue weighted by Gasteiger charge is 2.35. The molecule has 7 heteroatoms. The van der Waals surface area contributed by atoms with Gasteiger partial charge in [0.05, 0.1) is 11.4 Å². The fourth-order valence-electron chi connectivity index (χ4n) is 1.20. The van der Waals surface area contributed by atoms with Gasteiger partial charge in [-0.2, -0.15) is 13.2 Å². The summed E-state index contributed by atoms with van der Waals surface area (Å²) < 4.78 is 37.7.